The van der Waals surface area contributed by atoms with Crippen LogP contribution in [0.3, 0.4) is 0 Å². The van der Waals surface area contributed by atoms with E-state index in [1.807, 2.05) is 24.3 Å². The highest BCUT2D eigenvalue weighted by Gasteiger charge is 2.00. The van der Waals surface area contributed by atoms with Crippen molar-refractivity contribution in [3.63, 3.8) is 0 Å². The van der Waals surface area contributed by atoms with Crippen molar-refractivity contribution in [1.29, 1.82) is 0 Å². The van der Waals surface area contributed by atoms with Gasteiger partial charge in [-0.05, 0) is 47.9 Å². The molecule has 0 heterocycles. The zero-order chi connectivity index (χ0) is 18.2. The number of methoxy groups -OCH3 is 1. The molecule has 0 saturated heterocycles. The minimum absolute atomic E-state index is 0. The maximum atomic E-state index is 5.92. The Balaban J connectivity index is 0.00000261. The fourth-order valence-electron chi connectivity index (χ4n) is 2.69. The van der Waals surface area contributed by atoms with Gasteiger partial charge in [-0.25, -0.2) is 0 Å². The second kappa shape index (κ2) is 10.6. The number of halogens is 1. The first-order chi connectivity index (χ1) is 12.7. The van der Waals surface area contributed by atoms with E-state index in [0.29, 0.717) is 6.61 Å². The lowest BCUT2D eigenvalue weighted by atomic mass is 10.1. The predicted molar refractivity (Wildman–Crippen MR) is 113 cm³/mol. The van der Waals surface area contributed by atoms with Crippen LogP contribution in [0, 0.1) is 6.92 Å². The highest BCUT2D eigenvalue weighted by Crippen LogP contribution is 2.16. The van der Waals surface area contributed by atoms with Crippen LogP contribution < -0.4 is 14.8 Å². The average Bonchev–Trinajstić information content (AvgIpc) is 2.68. The number of rotatable bonds is 8. The Morgan fingerprint density at radius 1 is 0.741 bits per heavy atom. The van der Waals surface area contributed by atoms with Crippen LogP contribution in [-0.2, 0) is 19.7 Å². The molecule has 142 valence electrons. The first-order valence-electron chi connectivity index (χ1n) is 8.84. The molecule has 0 aliphatic rings. The molecule has 3 aromatic carbocycles. The van der Waals surface area contributed by atoms with Crippen LogP contribution >= 0.6 is 12.4 Å². The lowest BCUT2D eigenvalue weighted by Crippen LogP contribution is -2.12. The quantitative estimate of drug-likeness (QED) is 0.573. The predicted octanol–water partition coefficient (Wildman–Crippen LogP) is 5.29. The summed E-state index contributed by atoms with van der Waals surface area (Å²) in [5.74, 6) is 1.78. The van der Waals surface area contributed by atoms with Crippen LogP contribution in [-0.4, -0.2) is 7.11 Å². The van der Waals surface area contributed by atoms with Gasteiger partial charge in [-0.2, -0.15) is 0 Å². The first-order valence-corrected chi connectivity index (χ1v) is 8.84. The summed E-state index contributed by atoms with van der Waals surface area (Å²) < 4.78 is 11.1. The average molecular weight is 384 g/mol. The van der Waals surface area contributed by atoms with E-state index in [0.717, 1.165) is 24.6 Å². The molecule has 0 aliphatic carbocycles. The summed E-state index contributed by atoms with van der Waals surface area (Å²) in [6.07, 6.45) is 0. The van der Waals surface area contributed by atoms with E-state index in [-0.39, 0.29) is 12.4 Å². The lowest BCUT2D eigenvalue weighted by molar-refractivity contribution is 0.306. The van der Waals surface area contributed by atoms with Crippen LogP contribution in [0.5, 0.6) is 11.5 Å². The maximum absolute atomic E-state index is 5.92. The zero-order valence-electron chi connectivity index (χ0n) is 15.8. The molecule has 1 N–H and O–H groups in total. The van der Waals surface area contributed by atoms with E-state index < -0.39 is 0 Å². The number of nitrogens with one attached hydrogen (secondary N) is 1. The van der Waals surface area contributed by atoms with E-state index in [9.17, 15) is 0 Å². The maximum Gasteiger partial charge on any atom is 0.120 e. The Kier molecular flexibility index (Phi) is 8.18. The van der Waals surface area contributed by atoms with Crippen LogP contribution in [0.25, 0.3) is 0 Å². The van der Waals surface area contributed by atoms with Gasteiger partial charge in [0.15, 0.2) is 0 Å². The van der Waals surface area contributed by atoms with Crippen molar-refractivity contribution in [2.45, 2.75) is 26.6 Å². The molecule has 3 rings (SSSR count). The molecule has 27 heavy (non-hydrogen) atoms. The van der Waals surface area contributed by atoms with Crippen LogP contribution in [0.2, 0.25) is 0 Å². The number of hydrogen-bond acceptors (Lipinski definition) is 3. The molecular weight excluding hydrogens is 358 g/mol. The SMILES string of the molecule is COc1ccc(CNCc2cccc(OCc3ccc(C)cc3)c2)cc1.Cl. The van der Waals surface area contributed by atoms with Crippen LogP contribution in [0.1, 0.15) is 22.3 Å². The number of benzene rings is 3. The minimum atomic E-state index is 0. The zero-order valence-corrected chi connectivity index (χ0v) is 16.6. The largest absolute Gasteiger partial charge is 0.497 e. The molecule has 0 spiro atoms. The Morgan fingerprint density at radius 2 is 1.41 bits per heavy atom. The van der Waals surface area contributed by atoms with Crippen molar-refractivity contribution in [2.24, 2.45) is 0 Å². The Labute approximate surface area is 167 Å². The summed E-state index contributed by atoms with van der Waals surface area (Å²) in [6.45, 7) is 4.29. The highest BCUT2D eigenvalue weighted by atomic mass is 35.5. The molecule has 0 bridgehead atoms. The van der Waals surface area contributed by atoms with Gasteiger partial charge in [0, 0.05) is 13.1 Å². The Morgan fingerprint density at radius 3 is 2.11 bits per heavy atom. The lowest BCUT2D eigenvalue weighted by Gasteiger charge is -2.10. The molecule has 3 aromatic rings. The van der Waals surface area contributed by atoms with Gasteiger partial charge in [0.2, 0.25) is 0 Å². The number of aryl methyl sites for hydroxylation is 1. The second-order valence-electron chi connectivity index (χ2n) is 6.37. The molecule has 0 fully saturated rings. The molecule has 0 aromatic heterocycles. The summed E-state index contributed by atoms with van der Waals surface area (Å²) in [4.78, 5) is 0. The molecule has 0 saturated carbocycles. The summed E-state index contributed by atoms with van der Waals surface area (Å²) >= 11 is 0. The fraction of sp³-hybridized carbons (Fsp3) is 0.217. The van der Waals surface area contributed by atoms with Gasteiger partial charge in [-0.1, -0.05) is 54.1 Å². The van der Waals surface area contributed by atoms with Gasteiger partial charge in [-0.15, -0.1) is 12.4 Å². The van der Waals surface area contributed by atoms with Gasteiger partial charge in [0.25, 0.3) is 0 Å². The molecule has 0 atom stereocenters. The monoisotopic (exact) mass is 383 g/mol. The minimum Gasteiger partial charge on any atom is -0.497 e. The second-order valence-corrected chi connectivity index (χ2v) is 6.37. The smallest absolute Gasteiger partial charge is 0.120 e. The number of hydrogen-bond donors (Lipinski definition) is 1. The van der Waals surface area contributed by atoms with E-state index >= 15 is 0 Å². The Bertz CT molecular complexity index is 817. The van der Waals surface area contributed by atoms with E-state index in [2.05, 4.69) is 60.8 Å². The Hall–Kier alpha value is -2.49. The van der Waals surface area contributed by atoms with Crippen molar-refractivity contribution in [3.8, 4) is 11.5 Å². The van der Waals surface area contributed by atoms with Gasteiger partial charge < -0.3 is 14.8 Å². The third-order valence-corrected chi connectivity index (χ3v) is 4.24. The molecule has 4 heteroatoms. The van der Waals surface area contributed by atoms with Gasteiger partial charge in [-0.3, -0.25) is 0 Å². The van der Waals surface area contributed by atoms with Crippen molar-refractivity contribution in [2.75, 3.05) is 7.11 Å². The molecule has 0 amide bonds. The van der Waals surface area contributed by atoms with Gasteiger partial charge in [0.1, 0.15) is 18.1 Å². The fourth-order valence-corrected chi connectivity index (χ4v) is 2.69. The third kappa shape index (κ3) is 6.63. The molecule has 3 nitrogen and oxygen atoms in total. The third-order valence-electron chi connectivity index (χ3n) is 4.24. The summed E-state index contributed by atoms with van der Waals surface area (Å²) in [6, 6.07) is 24.8. The summed E-state index contributed by atoms with van der Waals surface area (Å²) in [7, 11) is 1.68. The number of ether oxygens (including phenoxy) is 2. The standard InChI is InChI=1S/C23H25NO2.ClH/c1-18-6-8-20(9-7-18)17-26-23-5-3-4-21(14-23)16-24-15-19-10-12-22(25-2)13-11-19;/h3-14,24H,15-17H2,1-2H3;1H. The normalized spacial score (nSPS) is 10.1. The first kappa shape index (κ1) is 20.8. The topological polar surface area (TPSA) is 30.5 Å². The highest BCUT2D eigenvalue weighted by molar-refractivity contribution is 5.85. The van der Waals surface area contributed by atoms with Crippen LogP contribution in [0.4, 0.5) is 0 Å². The molecule has 0 aliphatic heterocycles. The van der Waals surface area contributed by atoms with Crippen LogP contribution in [0.15, 0.2) is 72.8 Å². The van der Waals surface area contributed by atoms with E-state index in [1.165, 1.54) is 22.3 Å². The molecule has 0 radical (unpaired) electrons. The van der Waals surface area contributed by atoms with Crippen molar-refractivity contribution < 1.29 is 9.47 Å². The van der Waals surface area contributed by atoms with Crippen molar-refractivity contribution >= 4 is 12.4 Å². The van der Waals surface area contributed by atoms with Crippen molar-refractivity contribution in [3.05, 3.63) is 95.1 Å². The molecule has 0 unspecified atom stereocenters. The van der Waals surface area contributed by atoms with E-state index in [1.54, 1.807) is 7.11 Å². The van der Waals surface area contributed by atoms with Crippen molar-refractivity contribution in [1.82, 2.24) is 5.32 Å². The summed E-state index contributed by atoms with van der Waals surface area (Å²) in [5.41, 5.74) is 4.88. The van der Waals surface area contributed by atoms with Gasteiger partial charge >= 0.3 is 0 Å². The van der Waals surface area contributed by atoms with Gasteiger partial charge in [0.05, 0.1) is 7.11 Å². The summed E-state index contributed by atoms with van der Waals surface area (Å²) in [5, 5.41) is 3.47. The molecular formula is C23H26ClNO2. The van der Waals surface area contributed by atoms with E-state index in [4.69, 9.17) is 9.47 Å².